The van der Waals surface area contributed by atoms with Crippen molar-refractivity contribution in [2.75, 3.05) is 6.61 Å². The molecule has 0 amide bonds. The number of halogens is 2. The van der Waals surface area contributed by atoms with E-state index in [-0.39, 0.29) is 12.2 Å². The van der Waals surface area contributed by atoms with E-state index in [4.69, 9.17) is 0 Å². The highest BCUT2D eigenvalue weighted by Gasteiger charge is 2.01. The standard InChI is InChI=1S/C11H10F2O2/c1-2-15-11(14)6-3-8-7-9(12)4-5-10(8)13/h3-7H,2H2,1H3. The Morgan fingerprint density at radius 3 is 2.87 bits per heavy atom. The Hall–Kier alpha value is -1.71. The van der Waals surface area contributed by atoms with Gasteiger partial charge in [-0.05, 0) is 31.2 Å². The molecule has 0 fully saturated rings. The van der Waals surface area contributed by atoms with Crippen molar-refractivity contribution in [1.29, 1.82) is 0 Å². The second kappa shape index (κ2) is 5.24. The molecule has 4 heteroatoms. The van der Waals surface area contributed by atoms with Gasteiger partial charge in [0.2, 0.25) is 0 Å². The molecule has 1 rings (SSSR count). The van der Waals surface area contributed by atoms with E-state index in [9.17, 15) is 13.6 Å². The van der Waals surface area contributed by atoms with Crippen LogP contribution < -0.4 is 0 Å². The zero-order valence-corrected chi connectivity index (χ0v) is 8.17. The molecular weight excluding hydrogens is 202 g/mol. The summed E-state index contributed by atoms with van der Waals surface area (Å²) >= 11 is 0. The maximum Gasteiger partial charge on any atom is 0.330 e. The molecule has 1 aromatic rings. The van der Waals surface area contributed by atoms with Crippen LogP contribution in [0.1, 0.15) is 12.5 Å². The highest BCUT2D eigenvalue weighted by molar-refractivity contribution is 5.87. The number of rotatable bonds is 3. The summed E-state index contributed by atoms with van der Waals surface area (Å²) in [6.45, 7) is 1.91. The Balaban J connectivity index is 2.79. The number of hydrogen-bond donors (Lipinski definition) is 0. The Labute approximate surface area is 86.2 Å². The predicted molar refractivity (Wildman–Crippen MR) is 52.0 cm³/mol. The van der Waals surface area contributed by atoms with Gasteiger partial charge < -0.3 is 4.74 Å². The van der Waals surface area contributed by atoms with E-state index < -0.39 is 17.6 Å². The molecule has 0 saturated heterocycles. The van der Waals surface area contributed by atoms with Gasteiger partial charge in [0.25, 0.3) is 0 Å². The van der Waals surface area contributed by atoms with Crippen molar-refractivity contribution in [1.82, 2.24) is 0 Å². The van der Waals surface area contributed by atoms with Crippen molar-refractivity contribution >= 4 is 12.0 Å². The van der Waals surface area contributed by atoms with Gasteiger partial charge in [0.1, 0.15) is 11.6 Å². The molecule has 15 heavy (non-hydrogen) atoms. The van der Waals surface area contributed by atoms with E-state index in [1.807, 2.05) is 0 Å². The van der Waals surface area contributed by atoms with Crippen LogP contribution in [0, 0.1) is 11.6 Å². The van der Waals surface area contributed by atoms with Crippen LogP contribution >= 0.6 is 0 Å². The number of carbonyl (C=O) groups is 1. The lowest BCUT2D eigenvalue weighted by atomic mass is 10.2. The van der Waals surface area contributed by atoms with Crippen LogP contribution in [0.2, 0.25) is 0 Å². The highest BCUT2D eigenvalue weighted by atomic mass is 19.1. The molecule has 0 aliphatic rings. The summed E-state index contributed by atoms with van der Waals surface area (Å²) in [6.07, 6.45) is 2.23. The van der Waals surface area contributed by atoms with Gasteiger partial charge in [-0.2, -0.15) is 0 Å². The minimum Gasteiger partial charge on any atom is -0.463 e. The zero-order chi connectivity index (χ0) is 11.3. The van der Waals surface area contributed by atoms with Crippen molar-refractivity contribution < 1.29 is 18.3 Å². The van der Waals surface area contributed by atoms with Gasteiger partial charge in [-0.1, -0.05) is 0 Å². The van der Waals surface area contributed by atoms with Crippen LogP contribution in [-0.2, 0) is 9.53 Å². The summed E-state index contributed by atoms with van der Waals surface area (Å²) in [6, 6.07) is 3.02. The van der Waals surface area contributed by atoms with Gasteiger partial charge in [0.05, 0.1) is 6.61 Å². The SMILES string of the molecule is CCOC(=O)C=Cc1cc(F)ccc1F. The molecule has 0 aromatic heterocycles. The van der Waals surface area contributed by atoms with Crippen molar-refractivity contribution in [3.8, 4) is 0 Å². The molecule has 0 unspecified atom stereocenters. The maximum absolute atomic E-state index is 13.0. The molecule has 1 aromatic carbocycles. The van der Waals surface area contributed by atoms with Crippen LogP contribution in [-0.4, -0.2) is 12.6 Å². The Morgan fingerprint density at radius 1 is 1.47 bits per heavy atom. The normalized spacial score (nSPS) is 10.6. The average Bonchev–Trinajstić information content (AvgIpc) is 2.20. The molecule has 2 nitrogen and oxygen atoms in total. The molecule has 0 radical (unpaired) electrons. The van der Waals surface area contributed by atoms with Crippen molar-refractivity contribution in [2.24, 2.45) is 0 Å². The first-order valence-corrected chi connectivity index (χ1v) is 4.43. The summed E-state index contributed by atoms with van der Waals surface area (Å²) in [4.78, 5) is 10.9. The third-order valence-electron chi connectivity index (χ3n) is 1.64. The quantitative estimate of drug-likeness (QED) is 0.568. The summed E-state index contributed by atoms with van der Waals surface area (Å²) in [7, 11) is 0. The monoisotopic (exact) mass is 212 g/mol. The minimum atomic E-state index is -0.586. The highest BCUT2D eigenvalue weighted by Crippen LogP contribution is 2.11. The molecule has 0 N–H and O–H groups in total. The fraction of sp³-hybridized carbons (Fsp3) is 0.182. The van der Waals surface area contributed by atoms with Crippen LogP contribution in [0.5, 0.6) is 0 Å². The third kappa shape index (κ3) is 3.50. The van der Waals surface area contributed by atoms with Gasteiger partial charge >= 0.3 is 5.97 Å². The predicted octanol–water partition coefficient (Wildman–Crippen LogP) is 2.54. The zero-order valence-electron chi connectivity index (χ0n) is 8.17. The van der Waals surface area contributed by atoms with Gasteiger partial charge in [-0.15, -0.1) is 0 Å². The van der Waals surface area contributed by atoms with Gasteiger partial charge in [0.15, 0.2) is 0 Å². The van der Waals surface area contributed by atoms with Crippen molar-refractivity contribution in [3.63, 3.8) is 0 Å². The first kappa shape index (κ1) is 11.4. The van der Waals surface area contributed by atoms with Crippen LogP contribution in [0.15, 0.2) is 24.3 Å². The summed E-state index contributed by atoms with van der Waals surface area (Å²) in [5.41, 5.74) is 0.0167. The third-order valence-corrected chi connectivity index (χ3v) is 1.64. The van der Waals surface area contributed by atoms with Gasteiger partial charge in [-0.3, -0.25) is 0 Å². The number of carbonyl (C=O) groups excluding carboxylic acids is 1. The minimum absolute atomic E-state index is 0.0167. The molecule has 0 bridgehead atoms. The summed E-state index contributed by atoms with van der Waals surface area (Å²) < 4.78 is 30.3. The smallest absolute Gasteiger partial charge is 0.330 e. The lowest BCUT2D eigenvalue weighted by Crippen LogP contribution is -1.98. The largest absolute Gasteiger partial charge is 0.463 e. The number of esters is 1. The maximum atomic E-state index is 13.0. The summed E-state index contributed by atoms with van der Waals surface area (Å²) in [5, 5.41) is 0. The van der Waals surface area contributed by atoms with E-state index in [2.05, 4.69) is 4.74 Å². The lowest BCUT2D eigenvalue weighted by Gasteiger charge is -1.97. The molecule has 80 valence electrons. The van der Waals surface area contributed by atoms with E-state index >= 15 is 0 Å². The van der Waals surface area contributed by atoms with Gasteiger partial charge in [0, 0.05) is 11.6 Å². The van der Waals surface area contributed by atoms with E-state index in [1.54, 1.807) is 6.92 Å². The van der Waals surface area contributed by atoms with Crippen LogP contribution in [0.25, 0.3) is 6.08 Å². The topological polar surface area (TPSA) is 26.3 Å². The molecule has 0 atom stereocenters. The molecule has 0 spiro atoms. The van der Waals surface area contributed by atoms with E-state index in [0.717, 1.165) is 24.3 Å². The Bertz CT molecular complexity index is 386. The number of ether oxygens (including phenoxy) is 1. The molecule has 0 aliphatic heterocycles. The summed E-state index contributed by atoms with van der Waals surface area (Å²) in [5.74, 6) is -1.72. The molecule has 0 heterocycles. The lowest BCUT2D eigenvalue weighted by molar-refractivity contribution is -0.137. The number of benzene rings is 1. The van der Waals surface area contributed by atoms with Crippen molar-refractivity contribution in [2.45, 2.75) is 6.92 Å². The molecule has 0 aliphatic carbocycles. The van der Waals surface area contributed by atoms with E-state index in [1.165, 1.54) is 6.08 Å². The Morgan fingerprint density at radius 2 is 2.20 bits per heavy atom. The number of hydrogen-bond acceptors (Lipinski definition) is 2. The molecule has 0 saturated carbocycles. The first-order valence-electron chi connectivity index (χ1n) is 4.43. The second-order valence-corrected chi connectivity index (χ2v) is 2.75. The van der Waals surface area contributed by atoms with Gasteiger partial charge in [-0.25, -0.2) is 13.6 Å². The fourth-order valence-electron chi connectivity index (χ4n) is 0.991. The Kier molecular flexibility index (Phi) is 3.97. The fourth-order valence-corrected chi connectivity index (χ4v) is 0.991. The van der Waals surface area contributed by atoms with E-state index in [0.29, 0.717) is 0 Å². The van der Waals surface area contributed by atoms with Crippen molar-refractivity contribution in [3.05, 3.63) is 41.5 Å². The van der Waals surface area contributed by atoms with Crippen LogP contribution in [0.3, 0.4) is 0 Å². The average molecular weight is 212 g/mol. The second-order valence-electron chi connectivity index (χ2n) is 2.75. The van der Waals surface area contributed by atoms with Crippen LogP contribution in [0.4, 0.5) is 8.78 Å². The first-order chi connectivity index (χ1) is 7.13. The molecular formula is C11H10F2O2.